The van der Waals surface area contributed by atoms with Crippen molar-refractivity contribution in [3.05, 3.63) is 0 Å². The van der Waals surface area contributed by atoms with Crippen LogP contribution in [0, 0.1) is 0 Å². The van der Waals surface area contributed by atoms with Gasteiger partial charge in [0, 0.05) is 19.9 Å². The molecule has 14 heteroatoms. The van der Waals surface area contributed by atoms with Crippen molar-refractivity contribution in [2.24, 2.45) is 5.73 Å². The van der Waals surface area contributed by atoms with Gasteiger partial charge in [0.2, 0.25) is 17.7 Å². The zero-order chi connectivity index (χ0) is 29.0. The van der Waals surface area contributed by atoms with Crippen molar-refractivity contribution in [2.75, 3.05) is 19.8 Å². The number of hydrogen-bond acceptors (Lipinski definition) is 11. The monoisotopic (exact) mass is 535 g/mol. The van der Waals surface area contributed by atoms with Gasteiger partial charge in [-0.3, -0.25) is 14.4 Å². The van der Waals surface area contributed by atoms with Crippen LogP contribution in [0.2, 0.25) is 1.41 Å². The highest BCUT2D eigenvalue weighted by molar-refractivity contribution is 5.87. The van der Waals surface area contributed by atoms with Crippen LogP contribution in [0.4, 0.5) is 0 Å². The highest BCUT2D eigenvalue weighted by atomic mass is 16.6. The Kier molecular flexibility index (Phi) is 13.7. The molecule has 1 rings (SSSR count). The Morgan fingerprint density at radius 2 is 1.89 bits per heavy atom. The third kappa shape index (κ3) is 11.3. The van der Waals surface area contributed by atoms with Crippen molar-refractivity contribution in [1.29, 1.82) is 0 Å². The Balaban J connectivity index is 2.82. The molecule has 0 saturated carbocycles. The predicted octanol–water partition coefficient (Wildman–Crippen LogP) is -2.59. The van der Waals surface area contributed by atoms with E-state index in [1.165, 1.54) is 13.8 Å². The molecule has 8 N–H and O–H groups in total. The number of aliphatic hydroxyl groups is 3. The van der Waals surface area contributed by atoms with Gasteiger partial charge in [-0.1, -0.05) is 13.3 Å². The number of carbonyl (C=O) groups is 4. The maximum Gasteiger partial charge on any atom is 0.328 e. The first-order chi connectivity index (χ1) is 17.8. The summed E-state index contributed by atoms with van der Waals surface area (Å²) in [6, 6.07) is -3.34. The van der Waals surface area contributed by atoms with E-state index in [9.17, 15) is 34.5 Å². The molecule has 214 valence electrons. The summed E-state index contributed by atoms with van der Waals surface area (Å²) in [5, 5.41) is 36.1. The Bertz CT molecular complexity index is 791. The number of rotatable bonds is 16. The first kappa shape index (κ1) is 30.9. The molecule has 0 aliphatic carbocycles. The second-order valence-corrected chi connectivity index (χ2v) is 9.00. The lowest BCUT2D eigenvalue weighted by atomic mass is 9.96. The van der Waals surface area contributed by atoms with Crippen LogP contribution >= 0.6 is 0 Å². The second-order valence-electron chi connectivity index (χ2n) is 9.00. The summed E-state index contributed by atoms with van der Waals surface area (Å²) >= 11 is 0. The molecule has 0 bridgehead atoms. The smallest absolute Gasteiger partial charge is 0.328 e. The van der Waals surface area contributed by atoms with Crippen LogP contribution in [-0.4, -0.2) is 108 Å². The molecule has 3 amide bonds. The first-order valence-corrected chi connectivity index (χ1v) is 12.4. The number of ether oxygens (including phenoxy) is 3. The van der Waals surface area contributed by atoms with E-state index in [1.807, 2.05) is 6.92 Å². The molecule has 1 unspecified atom stereocenters. The number of esters is 1. The molecule has 0 aromatic carbocycles. The van der Waals surface area contributed by atoms with E-state index >= 15 is 0 Å². The van der Waals surface area contributed by atoms with Gasteiger partial charge in [0.25, 0.3) is 0 Å². The average molecular weight is 536 g/mol. The van der Waals surface area contributed by atoms with Gasteiger partial charge in [-0.25, -0.2) is 4.79 Å². The lowest BCUT2D eigenvalue weighted by Gasteiger charge is -2.43. The third-order valence-corrected chi connectivity index (χ3v) is 5.67. The van der Waals surface area contributed by atoms with E-state index < -0.39 is 79.1 Å². The number of nitrogens with one attached hydrogen (secondary N) is 3. The highest BCUT2D eigenvalue weighted by Crippen LogP contribution is 2.23. The zero-order valence-corrected chi connectivity index (χ0v) is 21.8. The van der Waals surface area contributed by atoms with Gasteiger partial charge in [0.15, 0.2) is 6.29 Å². The quantitative estimate of drug-likeness (QED) is 0.0803. The summed E-state index contributed by atoms with van der Waals surface area (Å²) in [6.07, 6.45) is -4.91. The largest absolute Gasteiger partial charge is 0.464 e. The van der Waals surface area contributed by atoms with Crippen molar-refractivity contribution in [2.45, 2.75) is 102 Å². The van der Waals surface area contributed by atoms with E-state index in [-0.39, 0.29) is 26.0 Å². The van der Waals surface area contributed by atoms with Crippen LogP contribution in [0.5, 0.6) is 0 Å². The van der Waals surface area contributed by atoms with Gasteiger partial charge in [0.1, 0.15) is 31.8 Å². The van der Waals surface area contributed by atoms with Crippen LogP contribution in [0.15, 0.2) is 0 Å². The lowest BCUT2D eigenvalue weighted by Crippen LogP contribution is -2.65. The third-order valence-electron chi connectivity index (χ3n) is 5.67. The van der Waals surface area contributed by atoms with Crippen LogP contribution in [0.1, 0.15) is 53.4 Å². The van der Waals surface area contributed by atoms with Gasteiger partial charge in [-0.2, -0.15) is 0 Å². The molecule has 1 fully saturated rings. The molecule has 1 saturated heterocycles. The molecule has 37 heavy (non-hydrogen) atoms. The fraction of sp³-hybridized carbons (Fsp3) is 0.826. The van der Waals surface area contributed by atoms with Gasteiger partial charge >= 0.3 is 5.97 Å². The Labute approximate surface area is 218 Å². The van der Waals surface area contributed by atoms with Crippen molar-refractivity contribution in [1.82, 2.24) is 15.9 Å². The fourth-order valence-corrected chi connectivity index (χ4v) is 3.58. The molecule has 0 aromatic rings. The molecule has 1 aliphatic rings. The van der Waals surface area contributed by atoms with Crippen molar-refractivity contribution < 1.29 is 50.1 Å². The highest BCUT2D eigenvalue weighted by Gasteiger charge is 2.46. The molecule has 14 nitrogen and oxygen atoms in total. The van der Waals surface area contributed by atoms with Crippen molar-refractivity contribution in [3.63, 3.8) is 0 Å². The van der Waals surface area contributed by atoms with Crippen LogP contribution in [-0.2, 0) is 33.4 Å². The number of carbonyl (C=O) groups excluding carboxylic acids is 4. The Morgan fingerprint density at radius 3 is 2.46 bits per heavy atom. The minimum absolute atomic E-state index is 0.0587. The maximum absolute atomic E-state index is 12.8. The van der Waals surface area contributed by atoms with Gasteiger partial charge < -0.3 is 51.2 Å². The first-order valence-electron chi connectivity index (χ1n) is 12.8. The molecule has 1 aliphatic heterocycles. The Morgan fingerprint density at radius 1 is 1.22 bits per heavy atom. The number of amides is 3. The minimum Gasteiger partial charge on any atom is -0.464 e. The zero-order valence-electron chi connectivity index (χ0n) is 22.8. The second kappa shape index (κ2) is 16.5. The van der Waals surface area contributed by atoms with Gasteiger partial charge in [-0.15, -0.1) is 0 Å². The van der Waals surface area contributed by atoms with E-state index in [0.717, 1.165) is 11.7 Å². The van der Waals surface area contributed by atoms with Crippen LogP contribution in [0.25, 0.3) is 0 Å². The molecular weight excluding hydrogens is 492 g/mol. The summed E-state index contributed by atoms with van der Waals surface area (Å²) in [5.41, 5.74) is 5.17. The number of nitrogens with two attached hydrogens (primary N) is 1. The molecular formula is C23H42N4O10. The minimum atomic E-state index is -1.57. The van der Waals surface area contributed by atoms with Crippen LogP contribution < -0.4 is 21.7 Å². The standard InChI is InChI=1S/C23H42N4O10/c1-5-6-9-35-22(33)15(7-8-17(24)30)27-21(32)13(3)25-10-12(2)36-20-18(26-14(4)29)23(34)37-16(11-28)19(20)31/h12-13,15-16,18-20,23,25,28,31,34H,5-11H2,1-4H3,(H2,24,30)(H,26,29)(H,27,32)/t12?,13-,15-,16+,18+,19+,20+,23-/m0/s1/i/hD. The Hall–Kier alpha value is -2.36. The summed E-state index contributed by atoms with van der Waals surface area (Å²) in [5.74, 6) is -2.54. The number of primary amides is 1. The van der Waals surface area contributed by atoms with Crippen molar-refractivity contribution in [3.8, 4) is 0 Å². The summed E-state index contributed by atoms with van der Waals surface area (Å²) in [4.78, 5) is 48.0. The number of aliphatic hydroxyl groups excluding tert-OH is 3. The summed E-state index contributed by atoms with van der Waals surface area (Å²) in [6.45, 7) is 5.51. The maximum atomic E-state index is 12.8. The van der Waals surface area contributed by atoms with Crippen molar-refractivity contribution >= 4 is 23.7 Å². The van der Waals surface area contributed by atoms with E-state index in [0.29, 0.717) is 6.42 Å². The van der Waals surface area contributed by atoms with E-state index in [2.05, 4.69) is 10.6 Å². The lowest BCUT2D eigenvalue weighted by molar-refractivity contribution is -0.267. The number of unbranched alkanes of at least 4 members (excludes halogenated alkanes) is 1. The SMILES string of the molecule is [2H]N(CC(C)O[C@H]1[C@H](O)[C@@H](CO)O[C@H](O)[C@@H]1NC(C)=O)[C@@H](C)C(=O)N[C@@H](CCC(N)=O)C(=O)OCCCC. The predicted molar refractivity (Wildman–Crippen MR) is 130 cm³/mol. The van der Waals surface area contributed by atoms with E-state index in [1.54, 1.807) is 6.92 Å². The average Bonchev–Trinajstić information content (AvgIpc) is 2.84. The van der Waals surface area contributed by atoms with E-state index in [4.69, 9.17) is 21.4 Å². The van der Waals surface area contributed by atoms with Crippen LogP contribution in [0.3, 0.4) is 0 Å². The van der Waals surface area contributed by atoms with Gasteiger partial charge in [0.05, 0.1) is 25.4 Å². The molecule has 0 spiro atoms. The summed E-state index contributed by atoms with van der Waals surface area (Å²) < 4.78 is 24.4. The van der Waals surface area contributed by atoms with Gasteiger partial charge in [-0.05, 0) is 26.7 Å². The summed E-state index contributed by atoms with van der Waals surface area (Å²) in [7, 11) is 0. The number of hydrogen-bond donors (Lipinski definition) is 7. The normalized spacial score (nSPS) is 26.5. The topological polar surface area (TPSA) is 219 Å². The fourth-order valence-electron chi connectivity index (χ4n) is 3.58. The molecule has 0 radical (unpaired) electrons. The molecule has 8 atom stereocenters. The molecule has 1 heterocycles. The molecule has 0 aromatic heterocycles.